The van der Waals surface area contributed by atoms with Gasteiger partial charge in [-0.05, 0) is 64.2 Å². The van der Waals surface area contributed by atoms with Gasteiger partial charge in [0.15, 0.2) is 0 Å². The molecule has 0 aromatic rings. The highest BCUT2D eigenvalue weighted by atomic mass is 16.4. The molecule has 13 N–H and O–H groups in total. The summed E-state index contributed by atoms with van der Waals surface area (Å²) in [6, 6.07) is -7.67. The van der Waals surface area contributed by atoms with E-state index in [2.05, 4.69) is 47.9 Å². The molecule has 0 aromatic carbocycles. The van der Waals surface area contributed by atoms with Crippen LogP contribution in [0.1, 0.15) is 86.5 Å². The van der Waals surface area contributed by atoms with Crippen LogP contribution in [0.25, 0.3) is 0 Å². The number of nitrogens with one attached hydrogen (secondary N) is 9. The largest absolute Gasteiger partial charge is 0.480 e. The molecule has 354 valence electrons. The number of aliphatic carboxylic acids is 1. The highest BCUT2D eigenvalue weighted by Gasteiger charge is 2.36. The number of β-amino-alcohol motifs (C(OH)–C–C–N with tert-alkyl or cyclic N) is 1. The summed E-state index contributed by atoms with van der Waals surface area (Å²) in [4.78, 5) is 141. The first-order valence-electron chi connectivity index (χ1n) is 21.0. The highest BCUT2D eigenvalue weighted by Crippen LogP contribution is 2.18. The van der Waals surface area contributed by atoms with Gasteiger partial charge in [0.25, 0.3) is 0 Å². The van der Waals surface area contributed by atoms with E-state index >= 15 is 0 Å². The highest BCUT2D eigenvalue weighted by molar-refractivity contribution is 5.97. The Morgan fingerprint density at radius 2 is 1.22 bits per heavy atom. The Morgan fingerprint density at radius 3 is 1.78 bits per heavy atom. The SMILES string of the molecule is CC(C)C[C@H](NC(=O)CNC(=O)[C@H](CC(C)C)NC(=O)[C@H](CCC(N)=O)NC(=O)CNC(=O)[C@@H]1C[C@@H](O)CN1)C(=O)N[C@@H](C)C(=O)NCC(=O)N1CCCC1C(=O)N[C@@H](C)C(=O)O. The number of hydrogen-bond donors (Lipinski definition) is 12. The summed E-state index contributed by atoms with van der Waals surface area (Å²) in [6.07, 6.45) is -0.0623. The molecule has 0 aliphatic carbocycles. The van der Waals surface area contributed by atoms with Gasteiger partial charge in [-0.25, -0.2) is 0 Å². The summed E-state index contributed by atoms with van der Waals surface area (Å²) in [6.45, 7) is 8.56. The lowest BCUT2D eigenvalue weighted by Gasteiger charge is -2.26. The molecule has 63 heavy (non-hydrogen) atoms. The Hall–Kier alpha value is -5.91. The first kappa shape index (κ1) is 53.2. The molecule has 2 aliphatic rings. The minimum absolute atomic E-state index is 0.0932. The summed E-state index contributed by atoms with van der Waals surface area (Å²) >= 11 is 0. The zero-order valence-corrected chi connectivity index (χ0v) is 36.7. The topological polar surface area (TPSA) is 366 Å². The standard InChI is InChI=1S/C39H65N11O13/c1-19(2)12-26(49-36(59)24(9-10-29(40)52)47-30(53)16-42-34(57)25-14-23(51)15-41-25)35(58)43-17-31(54)48-27(13-20(3)4)37(60)45-21(5)33(56)44-18-32(55)50-11-7-8-28(50)38(61)46-22(6)39(62)63/h19-28,41,51H,7-18H2,1-6H3,(H2,40,52)(H,42,57)(H,43,58)(H,44,56)(H,45,60)(H,46,61)(H,47,53)(H,48,54)(H,49,59)(H,62,63)/t21-,22-,23+,24-,25-,26-,27-,28?/m0/s1. The van der Waals surface area contributed by atoms with Crippen molar-refractivity contribution in [3.63, 3.8) is 0 Å². The number of carbonyl (C=O) groups is 11. The van der Waals surface area contributed by atoms with Crippen molar-refractivity contribution in [3.8, 4) is 0 Å². The normalized spacial score (nSPS) is 19.4. The molecule has 2 saturated heterocycles. The van der Waals surface area contributed by atoms with Crippen molar-refractivity contribution in [3.05, 3.63) is 0 Å². The smallest absolute Gasteiger partial charge is 0.325 e. The fourth-order valence-corrected chi connectivity index (χ4v) is 6.73. The summed E-state index contributed by atoms with van der Waals surface area (Å²) in [5.41, 5.74) is 5.27. The second-order valence-electron chi connectivity index (χ2n) is 16.6. The Bertz CT molecular complexity index is 1690. The second kappa shape index (κ2) is 25.9. The van der Waals surface area contributed by atoms with Gasteiger partial charge >= 0.3 is 5.97 Å². The number of nitrogens with two attached hydrogens (primary N) is 1. The molecule has 2 fully saturated rings. The van der Waals surface area contributed by atoms with E-state index < -0.39 is 133 Å². The van der Waals surface area contributed by atoms with Gasteiger partial charge in [-0.1, -0.05) is 27.7 Å². The molecule has 10 amide bonds. The van der Waals surface area contributed by atoms with Crippen LogP contribution in [0.15, 0.2) is 0 Å². The van der Waals surface area contributed by atoms with Crippen molar-refractivity contribution in [2.24, 2.45) is 17.6 Å². The number of carboxylic acids is 1. The molecule has 24 heteroatoms. The minimum atomic E-state index is -1.34. The van der Waals surface area contributed by atoms with Gasteiger partial charge in [0.05, 0.1) is 31.8 Å². The molecule has 2 rings (SSSR count). The van der Waals surface area contributed by atoms with Gasteiger partial charge < -0.3 is 68.7 Å². The zero-order chi connectivity index (χ0) is 47.6. The van der Waals surface area contributed by atoms with Gasteiger partial charge in [0, 0.05) is 19.5 Å². The lowest BCUT2D eigenvalue weighted by Crippen LogP contribution is -2.57. The van der Waals surface area contributed by atoms with Crippen LogP contribution in [-0.2, 0) is 52.7 Å². The fourth-order valence-electron chi connectivity index (χ4n) is 6.73. The molecule has 2 aliphatic heterocycles. The summed E-state index contributed by atoms with van der Waals surface area (Å²) in [5.74, 6) is -8.66. The summed E-state index contributed by atoms with van der Waals surface area (Å²) in [5, 5.41) is 41.2. The fraction of sp³-hybridized carbons (Fsp3) is 0.718. The molecule has 0 aromatic heterocycles. The third kappa shape index (κ3) is 18.9. The van der Waals surface area contributed by atoms with Gasteiger partial charge in [0.2, 0.25) is 59.1 Å². The molecule has 0 radical (unpaired) electrons. The number of carboxylic acid groups (broad SMARTS) is 1. The van der Waals surface area contributed by atoms with Crippen LogP contribution in [-0.4, -0.2) is 161 Å². The molecule has 1 unspecified atom stereocenters. The van der Waals surface area contributed by atoms with Crippen LogP contribution >= 0.6 is 0 Å². The van der Waals surface area contributed by atoms with E-state index in [4.69, 9.17) is 10.8 Å². The lowest BCUT2D eigenvalue weighted by molar-refractivity contribution is -0.143. The van der Waals surface area contributed by atoms with Crippen LogP contribution in [0.5, 0.6) is 0 Å². The van der Waals surface area contributed by atoms with E-state index in [9.17, 15) is 57.8 Å². The third-order valence-electron chi connectivity index (χ3n) is 10.1. The van der Waals surface area contributed by atoms with Crippen LogP contribution in [0.3, 0.4) is 0 Å². The molecule has 0 saturated carbocycles. The predicted molar refractivity (Wildman–Crippen MR) is 222 cm³/mol. The van der Waals surface area contributed by atoms with Crippen LogP contribution in [0.4, 0.5) is 0 Å². The minimum Gasteiger partial charge on any atom is -0.480 e. The number of primary amides is 1. The molecule has 8 atom stereocenters. The number of rotatable bonds is 25. The molecular weight excluding hydrogens is 830 g/mol. The maximum Gasteiger partial charge on any atom is 0.325 e. The van der Waals surface area contributed by atoms with E-state index in [1.165, 1.54) is 18.7 Å². The molecule has 2 heterocycles. The van der Waals surface area contributed by atoms with E-state index in [1.807, 2.05) is 0 Å². The third-order valence-corrected chi connectivity index (χ3v) is 10.1. The maximum atomic E-state index is 13.4. The van der Waals surface area contributed by atoms with Gasteiger partial charge in [-0.15, -0.1) is 0 Å². The number of aliphatic hydroxyl groups excluding tert-OH is 1. The number of carbonyl (C=O) groups excluding carboxylic acids is 10. The number of amides is 10. The number of aliphatic hydroxyl groups is 1. The average Bonchev–Trinajstić information content (AvgIpc) is 3.88. The Balaban J connectivity index is 1.98. The maximum absolute atomic E-state index is 13.4. The number of hydrogen-bond acceptors (Lipinski definition) is 13. The van der Waals surface area contributed by atoms with E-state index in [0.717, 1.165) is 0 Å². The average molecular weight is 896 g/mol. The van der Waals surface area contributed by atoms with Gasteiger partial charge in [0.1, 0.15) is 36.3 Å². The Labute approximate surface area is 365 Å². The van der Waals surface area contributed by atoms with Gasteiger partial charge in [-0.3, -0.25) is 52.7 Å². The lowest BCUT2D eigenvalue weighted by atomic mass is 10.0. The van der Waals surface area contributed by atoms with Crippen molar-refractivity contribution < 1.29 is 63.0 Å². The van der Waals surface area contributed by atoms with Crippen molar-refractivity contribution in [1.29, 1.82) is 0 Å². The van der Waals surface area contributed by atoms with Crippen molar-refractivity contribution in [2.45, 2.75) is 135 Å². The monoisotopic (exact) mass is 895 g/mol. The van der Waals surface area contributed by atoms with Crippen molar-refractivity contribution >= 4 is 65.0 Å². The van der Waals surface area contributed by atoms with E-state index in [1.54, 1.807) is 27.7 Å². The molecule has 24 nitrogen and oxygen atoms in total. The predicted octanol–water partition coefficient (Wildman–Crippen LogP) is -5.05. The van der Waals surface area contributed by atoms with Crippen LogP contribution < -0.4 is 53.6 Å². The summed E-state index contributed by atoms with van der Waals surface area (Å²) in [7, 11) is 0. The first-order chi connectivity index (χ1) is 29.5. The molecule has 0 spiro atoms. The number of likely N-dealkylation sites (tertiary alicyclic amines) is 1. The zero-order valence-electron chi connectivity index (χ0n) is 36.7. The second-order valence-corrected chi connectivity index (χ2v) is 16.6. The molecular formula is C39H65N11O13. The quantitative estimate of drug-likeness (QED) is 0.0408. The van der Waals surface area contributed by atoms with E-state index in [0.29, 0.717) is 12.8 Å². The summed E-state index contributed by atoms with van der Waals surface area (Å²) < 4.78 is 0. The first-order valence-corrected chi connectivity index (χ1v) is 21.0. The van der Waals surface area contributed by atoms with E-state index in [-0.39, 0.29) is 57.0 Å². The van der Waals surface area contributed by atoms with Crippen molar-refractivity contribution in [1.82, 2.24) is 52.8 Å². The van der Waals surface area contributed by atoms with Crippen molar-refractivity contribution in [2.75, 3.05) is 32.7 Å². The van der Waals surface area contributed by atoms with Gasteiger partial charge in [-0.2, -0.15) is 0 Å². The Morgan fingerprint density at radius 1 is 0.667 bits per heavy atom. The molecule has 0 bridgehead atoms. The van der Waals surface area contributed by atoms with Crippen LogP contribution in [0, 0.1) is 11.8 Å². The Kier molecular flexibility index (Phi) is 21.9. The van der Waals surface area contributed by atoms with Crippen LogP contribution in [0.2, 0.25) is 0 Å². The number of nitrogens with zero attached hydrogens (tertiary/aromatic N) is 1.